The number of hydrogen-bond donors (Lipinski definition) is 1. The maximum atomic E-state index is 13.2. The van der Waals surface area contributed by atoms with Crippen LogP contribution in [0.25, 0.3) is 0 Å². The van der Waals surface area contributed by atoms with Crippen molar-refractivity contribution < 1.29 is 13.6 Å². The minimum Gasteiger partial charge on any atom is -0.321 e. The summed E-state index contributed by atoms with van der Waals surface area (Å²) in [6.07, 6.45) is 0.966. The van der Waals surface area contributed by atoms with E-state index in [1.165, 1.54) is 6.07 Å². The van der Waals surface area contributed by atoms with Crippen LogP contribution in [0.2, 0.25) is 0 Å². The fourth-order valence-electron chi connectivity index (χ4n) is 1.24. The molecule has 0 saturated carbocycles. The molecule has 16 heavy (non-hydrogen) atoms. The van der Waals surface area contributed by atoms with Crippen molar-refractivity contribution in [2.75, 3.05) is 5.32 Å². The summed E-state index contributed by atoms with van der Waals surface area (Å²) in [5, 5.41) is 2.24. The quantitative estimate of drug-likeness (QED) is 0.839. The van der Waals surface area contributed by atoms with Gasteiger partial charge in [-0.25, -0.2) is 8.78 Å². The van der Waals surface area contributed by atoms with Gasteiger partial charge >= 0.3 is 0 Å². The highest BCUT2D eigenvalue weighted by molar-refractivity contribution is 5.90. The normalized spacial score (nSPS) is 10.6. The van der Waals surface area contributed by atoms with E-state index in [0.29, 0.717) is 12.3 Å². The first-order valence-corrected chi connectivity index (χ1v) is 5.24. The Morgan fingerprint density at radius 2 is 1.88 bits per heavy atom. The number of carbonyl (C=O) groups excluding carboxylic acids is 1. The second kappa shape index (κ2) is 5.58. The molecule has 2 nitrogen and oxygen atoms in total. The van der Waals surface area contributed by atoms with Crippen molar-refractivity contribution in [3.05, 3.63) is 29.8 Å². The predicted octanol–water partition coefficient (Wildman–Crippen LogP) is 3.34. The Labute approximate surface area is 93.7 Å². The van der Waals surface area contributed by atoms with Crippen LogP contribution in [0, 0.1) is 17.6 Å². The van der Waals surface area contributed by atoms with Crippen molar-refractivity contribution in [1.82, 2.24) is 0 Å². The van der Waals surface area contributed by atoms with Gasteiger partial charge in [-0.3, -0.25) is 4.79 Å². The number of anilines is 1. The molecular formula is C12H15F2NO. The molecule has 0 heterocycles. The molecule has 0 spiro atoms. The zero-order valence-electron chi connectivity index (χ0n) is 9.39. The highest BCUT2D eigenvalue weighted by Gasteiger charge is 2.11. The minimum atomic E-state index is -0.752. The summed E-state index contributed by atoms with van der Waals surface area (Å²) in [5.41, 5.74) is -0.365. The lowest BCUT2D eigenvalue weighted by molar-refractivity contribution is -0.116. The summed E-state index contributed by atoms with van der Waals surface area (Å²) in [6.45, 7) is 3.97. The molecule has 88 valence electrons. The standard InChI is InChI=1S/C12H15F2NO/c1-8(2)6-7-11(16)15-12-9(13)4-3-5-10(12)14/h3-5,8H,6-7H2,1-2H3,(H,15,16). The fourth-order valence-corrected chi connectivity index (χ4v) is 1.24. The summed E-state index contributed by atoms with van der Waals surface area (Å²) in [6, 6.07) is 3.48. The number of amides is 1. The van der Waals surface area contributed by atoms with Crippen LogP contribution in [0.15, 0.2) is 18.2 Å². The highest BCUT2D eigenvalue weighted by atomic mass is 19.1. The second-order valence-corrected chi connectivity index (χ2v) is 4.08. The Hall–Kier alpha value is -1.45. The van der Waals surface area contributed by atoms with Crippen LogP contribution in [0.5, 0.6) is 0 Å². The van der Waals surface area contributed by atoms with Gasteiger partial charge in [0.25, 0.3) is 0 Å². The van der Waals surface area contributed by atoms with Gasteiger partial charge in [-0.1, -0.05) is 19.9 Å². The summed E-state index contributed by atoms with van der Waals surface area (Å²) >= 11 is 0. The number of carbonyl (C=O) groups is 1. The number of rotatable bonds is 4. The highest BCUT2D eigenvalue weighted by Crippen LogP contribution is 2.18. The first kappa shape index (κ1) is 12.6. The van der Waals surface area contributed by atoms with Crippen molar-refractivity contribution in [1.29, 1.82) is 0 Å². The van der Waals surface area contributed by atoms with E-state index in [2.05, 4.69) is 5.32 Å². The molecule has 1 aromatic carbocycles. The van der Waals surface area contributed by atoms with Crippen molar-refractivity contribution in [3.63, 3.8) is 0 Å². The van der Waals surface area contributed by atoms with Crippen LogP contribution in [-0.4, -0.2) is 5.91 Å². The predicted molar refractivity (Wildman–Crippen MR) is 59.1 cm³/mol. The molecule has 0 saturated heterocycles. The van der Waals surface area contributed by atoms with E-state index < -0.39 is 11.6 Å². The molecule has 0 aliphatic heterocycles. The van der Waals surface area contributed by atoms with Gasteiger partial charge in [-0.2, -0.15) is 0 Å². The molecule has 0 aliphatic rings. The molecule has 1 N–H and O–H groups in total. The van der Waals surface area contributed by atoms with Crippen molar-refractivity contribution in [2.24, 2.45) is 5.92 Å². The summed E-state index contributed by atoms with van der Waals surface area (Å²) < 4.78 is 26.3. The molecule has 1 amide bonds. The van der Waals surface area contributed by atoms with Gasteiger partial charge in [0.1, 0.15) is 17.3 Å². The molecule has 1 aromatic rings. The minimum absolute atomic E-state index is 0.269. The third-order valence-electron chi connectivity index (χ3n) is 2.18. The van der Waals surface area contributed by atoms with E-state index in [0.717, 1.165) is 12.1 Å². The summed E-state index contributed by atoms with van der Waals surface area (Å²) in [4.78, 5) is 11.4. The molecule has 0 aliphatic carbocycles. The van der Waals surface area contributed by atoms with E-state index in [4.69, 9.17) is 0 Å². The van der Waals surface area contributed by atoms with Crippen LogP contribution in [-0.2, 0) is 4.79 Å². The molecule has 0 radical (unpaired) electrons. The van der Waals surface area contributed by atoms with Gasteiger partial charge in [0.05, 0.1) is 0 Å². The Bertz CT molecular complexity index is 357. The Morgan fingerprint density at radius 3 is 2.38 bits per heavy atom. The van der Waals surface area contributed by atoms with Crippen molar-refractivity contribution in [3.8, 4) is 0 Å². The van der Waals surface area contributed by atoms with Crippen molar-refractivity contribution in [2.45, 2.75) is 26.7 Å². The Balaban J connectivity index is 2.63. The first-order valence-electron chi connectivity index (χ1n) is 5.24. The number of hydrogen-bond acceptors (Lipinski definition) is 1. The summed E-state index contributed by atoms with van der Waals surface area (Å²) in [5.74, 6) is -1.48. The number of benzene rings is 1. The van der Waals surface area contributed by atoms with E-state index in [1.54, 1.807) is 0 Å². The first-order chi connectivity index (χ1) is 7.50. The lowest BCUT2D eigenvalue weighted by Crippen LogP contribution is -2.14. The smallest absolute Gasteiger partial charge is 0.224 e. The van der Waals surface area contributed by atoms with Crippen LogP contribution in [0.4, 0.5) is 14.5 Å². The third-order valence-corrected chi connectivity index (χ3v) is 2.18. The third kappa shape index (κ3) is 3.61. The zero-order chi connectivity index (χ0) is 12.1. The Morgan fingerprint density at radius 1 is 1.31 bits per heavy atom. The van der Waals surface area contributed by atoms with Gasteiger partial charge in [-0.15, -0.1) is 0 Å². The van der Waals surface area contributed by atoms with Gasteiger partial charge in [0.2, 0.25) is 5.91 Å². The molecular weight excluding hydrogens is 212 g/mol. The van der Waals surface area contributed by atoms with Crippen LogP contribution < -0.4 is 5.32 Å². The average molecular weight is 227 g/mol. The van der Waals surface area contributed by atoms with Crippen molar-refractivity contribution >= 4 is 11.6 Å². The van der Waals surface area contributed by atoms with E-state index in [9.17, 15) is 13.6 Å². The number of nitrogens with one attached hydrogen (secondary N) is 1. The van der Waals surface area contributed by atoms with Crippen LogP contribution >= 0.6 is 0 Å². The van der Waals surface area contributed by atoms with Gasteiger partial charge < -0.3 is 5.32 Å². The maximum Gasteiger partial charge on any atom is 0.224 e. The lowest BCUT2D eigenvalue weighted by Gasteiger charge is -2.08. The molecule has 4 heteroatoms. The van der Waals surface area contributed by atoms with Gasteiger partial charge in [-0.05, 0) is 24.5 Å². The SMILES string of the molecule is CC(C)CCC(=O)Nc1c(F)cccc1F. The van der Waals surface area contributed by atoms with E-state index >= 15 is 0 Å². The molecule has 1 rings (SSSR count). The molecule has 0 unspecified atom stereocenters. The van der Waals surface area contributed by atoms with E-state index in [-0.39, 0.29) is 18.0 Å². The largest absolute Gasteiger partial charge is 0.321 e. The maximum absolute atomic E-state index is 13.2. The second-order valence-electron chi connectivity index (χ2n) is 4.08. The monoisotopic (exact) mass is 227 g/mol. The van der Waals surface area contributed by atoms with Gasteiger partial charge in [0.15, 0.2) is 0 Å². The van der Waals surface area contributed by atoms with Crippen LogP contribution in [0.3, 0.4) is 0 Å². The topological polar surface area (TPSA) is 29.1 Å². The van der Waals surface area contributed by atoms with E-state index in [1.807, 2.05) is 13.8 Å². The van der Waals surface area contributed by atoms with Gasteiger partial charge in [0, 0.05) is 6.42 Å². The zero-order valence-corrected chi connectivity index (χ0v) is 9.39. The molecule has 0 aromatic heterocycles. The van der Waals surface area contributed by atoms with Crippen LogP contribution in [0.1, 0.15) is 26.7 Å². The molecule has 0 atom stereocenters. The molecule has 0 bridgehead atoms. The fraction of sp³-hybridized carbons (Fsp3) is 0.417. The Kier molecular flexibility index (Phi) is 4.40. The summed E-state index contributed by atoms with van der Waals surface area (Å²) in [7, 11) is 0. The number of para-hydroxylation sites is 1. The molecule has 0 fully saturated rings. The lowest BCUT2D eigenvalue weighted by atomic mass is 10.1. The average Bonchev–Trinajstić information content (AvgIpc) is 2.21. The number of halogens is 2.